The van der Waals surface area contributed by atoms with E-state index in [0.717, 1.165) is 39.0 Å². The molecule has 0 fully saturated rings. The lowest BCUT2D eigenvalue weighted by molar-refractivity contribution is -0.384. The number of nitro groups is 1. The van der Waals surface area contributed by atoms with Crippen molar-refractivity contribution in [2.45, 2.75) is 17.7 Å². The molecule has 1 aliphatic heterocycles. The molecule has 3 aromatic rings. The van der Waals surface area contributed by atoms with E-state index in [0.29, 0.717) is 0 Å². The maximum Gasteiger partial charge on any atom is 0.269 e. The molecule has 0 N–H and O–H groups in total. The molecule has 0 saturated heterocycles. The van der Waals surface area contributed by atoms with E-state index in [2.05, 4.69) is 16.1 Å². The van der Waals surface area contributed by atoms with Gasteiger partial charge in [-0.3, -0.25) is 10.1 Å². The topological polar surface area (TPSA) is 73.8 Å². The molecule has 0 bridgehead atoms. The number of pyridine rings is 1. The zero-order valence-electron chi connectivity index (χ0n) is 12.3. The maximum atomic E-state index is 10.8. The monoisotopic (exact) mass is 324 g/mol. The second-order valence-electron chi connectivity index (χ2n) is 5.30. The van der Waals surface area contributed by atoms with Crippen LogP contribution in [-0.2, 0) is 5.75 Å². The Morgan fingerprint density at radius 3 is 2.74 bits per heavy atom. The first-order valence-corrected chi connectivity index (χ1v) is 8.04. The van der Waals surface area contributed by atoms with Crippen molar-refractivity contribution in [1.29, 1.82) is 0 Å². The van der Waals surface area contributed by atoms with E-state index in [1.54, 1.807) is 23.9 Å². The van der Waals surface area contributed by atoms with Crippen LogP contribution in [0.15, 0.2) is 47.6 Å². The second kappa shape index (κ2) is 5.20. The first kappa shape index (κ1) is 14.0. The van der Waals surface area contributed by atoms with Crippen molar-refractivity contribution in [1.82, 2.24) is 14.8 Å². The lowest BCUT2D eigenvalue weighted by Gasteiger charge is -2.17. The summed E-state index contributed by atoms with van der Waals surface area (Å²) in [6.45, 7) is 1.98. The molecule has 23 heavy (non-hydrogen) atoms. The molecule has 1 aliphatic rings. The molecule has 3 heterocycles. The average molecular weight is 324 g/mol. The van der Waals surface area contributed by atoms with Crippen LogP contribution in [0.2, 0.25) is 0 Å². The van der Waals surface area contributed by atoms with Gasteiger partial charge in [-0.05, 0) is 31.2 Å². The third kappa shape index (κ3) is 2.29. The lowest BCUT2D eigenvalue weighted by Crippen LogP contribution is -2.04. The molecule has 0 atom stereocenters. The molecule has 2 aromatic heterocycles. The van der Waals surface area contributed by atoms with Crippen molar-refractivity contribution in [2.75, 3.05) is 0 Å². The molecule has 0 amide bonds. The van der Waals surface area contributed by atoms with Crippen molar-refractivity contribution in [3.8, 4) is 16.9 Å². The summed E-state index contributed by atoms with van der Waals surface area (Å²) in [7, 11) is 0. The van der Waals surface area contributed by atoms with Crippen molar-refractivity contribution in [3.63, 3.8) is 0 Å². The number of nitro benzene ring substituents is 1. The number of rotatable bonds is 2. The molecule has 1 aromatic carbocycles. The summed E-state index contributed by atoms with van der Waals surface area (Å²) in [5.41, 5.74) is 5.07. The minimum absolute atomic E-state index is 0.0722. The minimum Gasteiger partial charge on any atom is -0.258 e. The highest BCUT2D eigenvalue weighted by Crippen LogP contribution is 2.41. The predicted molar refractivity (Wildman–Crippen MR) is 87.7 cm³/mol. The number of non-ortho nitro benzene ring substituents is 1. The largest absolute Gasteiger partial charge is 0.269 e. The van der Waals surface area contributed by atoms with Gasteiger partial charge >= 0.3 is 0 Å². The molecular formula is C16H12N4O2S. The summed E-state index contributed by atoms with van der Waals surface area (Å²) in [4.78, 5) is 15.0. The number of benzene rings is 1. The van der Waals surface area contributed by atoms with Gasteiger partial charge in [0.2, 0.25) is 0 Å². The van der Waals surface area contributed by atoms with Crippen LogP contribution in [0, 0.1) is 17.0 Å². The van der Waals surface area contributed by atoms with Gasteiger partial charge < -0.3 is 0 Å². The van der Waals surface area contributed by atoms with Crippen LogP contribution < -0.4 is 0 Å². The molecule has 0 spiro atoms. The summed E-state index contributed by atoms with van der Waals surface area (Å²) in [5.74, 6) is 0.825. The van der Waals surface area contributed by atoms with E-state index in [9.17, 15) is 10.1 Å². The molecule has 7 heteroatoms. The molecule has 114 valence electrons. The molecule has 4 rings (SSSR count). The Morgan fingerprint density at radius 2 is 2.00 bits per heavy atom. The quantitative estimate of drug-likeness (QED) is 0.530. The Hall–Kier alpha value is -2.67. The van der Waals surface area contributed by atoms with E-state index in [4.69, 9.17) is 0 Å². The predicted octanol–water partition coefficient (Wildman–Crippen LogP) is 3.76. The SMILES string of the molecule is Cc1ccc2c(n1)SCc1cnn(-c3ccc([N+](=O)[O-])cc3)c1-2. The van der Waals surface area contributed by atoms with Gasteiger partial charge in [-0.1, -0.05) is 0 Å². The van der Waals surface area contributed by atoms with Gasteiger partial charge in [-0.25, -0.2) is 9.67 Å². The van der Waals surface area contributed by atoms with Gasteiger partial charge in [0.15, 0.2) is 0 Å². The van der Waals surface area contributed by atoms with Crippen LogP contribution in [0.25, 0.3) is 16.9 Å². The Kier molecular flexibility index (Phi) is 3.16. The third-order valence-corrected chi connectivity index (χ3v) is 4.81. The standard InChI is InChI=1S/C16H12N4O2S/c1-10-2-7-14-15-11(9-23-16(14)18-10)8-17-19(15)12-3-5-13(6-4-12)20(21)22/h2-8H,9H2,1H3. The van der Waals surface area contributed by atoms with Crippen molar-refractivity contribution >= 4 is 17.4 Å². The smallest absolute Gasteiger partial charge is 0.258 e. The van der Waals surface area contributed by atoms with Gasteiger partial charge in [0.05, 0.1) is 22.5 Å². The summed E-state index contributed by atoms with van der Waals surface area (Å²) in [6, 6.07) is 10.5. The minimum atomic E-state index is -0.402. The van der Waals surface area contributed by atoms with Crippen LogP contribution in [-0.4, -0.2) is 19.7 Å². The molecule has 0 unspecified atom stereocenters. The van der Waals surface area contributed by atoms with E-state index in [1.807, 2.05) is 23.9 Å². The highest BCUT2D eigenvalue weighted by molar-refractivity contribution is 7.98. The van der Waals surface area contributed by atoms with E-state index < -0.39 is 4.92 Å². The zero-order valence-corrected chi connectivity index (χ0v) is 13.1. The fraction of sp³-hybridized carbons (Fsp3) is 0.125. The van der Waals surface area contributed by atoms with Gasteiger partial charge in [0.25, 0.3) is 5.69 Å². The fourth-order valence-electron chi connectivity index (χ4n) is 2.66. The van der Waals surface area contributed by atoms with Crippen LogP contribution in [0.3, 0.4) is 0 Å². The highest BCUT2D eigenvalue weighted by Gasteiger charge is 2.23. The number of thioether (sulfide) groups is 1. The fourth-order valence-corrected chi connectivity index (χ4v) is 3.69. The summed E-state index contributed by atoms with van der Waals surface area (Å²) in [5, 5.41) is 16.3. The molecule has 0 radical (unpaired) electrons. The molecule has 6 nitrogen and oxygen atoms in total. The van der Waals surface area contributed by atoms with E-state index >= 15 is 0 Å². The Balaban J connectivity index is 1.85. The number of aryl methyl sites for hydroxylation is 1. The van der Waals surface area contributed by atoms with E-state index in [1.165, 1.54) is 12.1 Å². The van der Waals surface area contributed by atoms with Crippen LogP contribution in [0.5, 0.6) is 0 Å². The number of hydrogen-bond donors (Lipinski definition) is 0. The number of hydrogen-bond acceptors (Lipinski definition) is 5. The second-order valence-corrected chi connectivity index (χ2v) is 6.26. The number of nitrogens with zero attached hydrogens (tertiary/aromatic N) is 4. The van der Waals surface area contributed by atoms with E-state index in [-0.39, 0.29) is 5.69 Å². The Bertz CT molecular complexity index is 918. The summed E-state index contributed by atoms with van der Waals surface area (Å²) in [6.07, 6.45) is 1.85. The molecule has 0 aliphatic carbocycles. The number of fused-ring (bicyclic) bond motifs is 3. The van der Waals surface area contributed by atoms with Crippen LogP contribution in [0.4, 0.5) is 5.69 Å². The van der Waals surface area contributed by atoms with Crippen molar-refractivity contribution in [2.24, 2.45) is 0 Å². The first-order chi connectivity index (χ1) is 11.1. The lowest BCUT2D eigenvalue weighted by atomic mass is 10.1. The number of aromatic nitrogens is 3. The van der Waals surface area contributed by atoms with Gasteiger partial charge in [0.1, 0.15) is 5.03 Å². The molecular weight excluding hydrogens is 312 g/mol. The summed E-state index contributed by atoms with van der Waals surface area (Å²) >= 11 is 1.71. The summed E-state index contributed by atoms with van der Waals surface area (Å²) < 4.78 is 1.83. The van der Waals surface area contributed by atoms with Gasteiger partial charge in [0, 0.05) is 34.7 Å². The first-order valence-electron chi connectivity index (χ1n) is 7.06. The highest BCUT2D eigenvalue weighted by atomic mass is 32.2. The third-order valence-electron chi connectivity index (χ3n) is 3.77. The van der Waals surface area contributed by atoms with Crippen LogP contribution >= 0.6 is 11.8 Å². The average Bonchev–Trinajstić information content (AvgIpc) is 2.99. The maximum absolute atomic E-state index is 10.8. The Labute approximate surface area is 136 Å². The zero-order chi connectivity index (χ0) is 16.0. The van der Waals surface area contributed by atoms with Crippen molar-refractivity contribution in [3.05, 3.63) is 64.0 Å². The van der Waals surface area contributed by atoms with Gasteiger partial charge in [-0.15, -0.1) is 11.8 Å². The normalized spacial score (nSPS) is 12.6. The van der Waals surface area contributed by atoms with Gasteiger partial charge in [-0.2, -0.15) is 5.10 Å². The van der Waals surface area contributed by atoms with Crippen molar-refractivity contribution < 1.29 is 4.92 Å². The van der Waals surface area contributed by atoms with Crippen LogP contribution in [0.1, 0.15) is 11.3 Å². The Morgan fingerprint density at radius 1 is 1.22 bits per heavy atom. The molecule has 0 saturated carbocycles.